The van der Waals surface area contributed by atoms with Gasteiger partial charge < -0.3 is 9.47 Å². The van der Waals surface area contributed by atoms with Crippen LogP contribution in [-0.2, 0) is 10.2 Å². The van der Waals surface area contributed by atoms with Crippen LogP contribution < -0.4 is 18.9 Å². The van der Waals surface area contributed by atoms with E-state index in [1.54, 1.807) is 24.3 Å². The van der Waals surface area contributed by atoms with Crippen molar-refractivity contribution in [2.75, 3.05) is 24.4 Å². The molecule has 32 heavy (non-hydrogen) atoms. The Morgan fingerprint density at radius 3 is 2.44 bits per heavy atom. The third-order valence-electron chi connectivity index (χ3n) is 3.59. The highest BCUT2D eigenvalue weighted by molar-refractivity contribution is 9.10. The summed E-state index contributed by atoms with van der Waals surface area (Å²) < 4.78 is 73.1. The topological polar surface area (TPSA) is 128 Å². The van der Waals surface area contributed by atoms with Gasteiger partial charge in [-0.05, 0) is 40.0 Å². The number of rotatable bonds is 11. The fourth-order valence-electron chi connectivity index (χ4n) is 2.30. The second-order valence-electron chi connectivity index (χ2n) is 5.87. The van der Waals surface area contributed by atoms with Crippen molar-refractivity contribution in [3.63, 3.8) is 0 Å². The van der Waals surface area contributed by atoms with Crippen LogP contribution in [0.25, 0.3) is 11.1 Å². The van der Waals surface area contributed by atoms with Crippen molar-refractivity contribution in [1.29, 1.82) is 0 Å². The number of ether oxygens (including phenoxy) is 2. The van der Waals surface area contributed by atoms with Crippen molar-refractivity contribution in [2.45, 2.75) is 13.3 Å². The third kappa shape index (κ3) is 7.08. The first-order chi connectivity index (χ1) is 16.8. The lowest BCUT2D eigenvalue weighted by molar-refractivity contribution is 0.202. The number of nitrogens with one attached hydrogen (secondary N) is 2. The van der Waals surface area contributed by atoms with Gasteiger partial charge in [0.05, 0.1) is 12.8 Å². The zero-order chi connectivity index (χ0) is 26.6. The normalized spacial score (nSPS) is 14.0. The van der Waals surface area contributed by atoms with Crippen LogP contribution in [0.5, 0.6) is 11.9 Å². The minimum absolute atomic E-state index is 0.100. The molecule has 3 aromatic rings. The van der Waals surface area contributed by atoms with Gasteiger partial charge in [0.15, 0.2) is 5.82 Å². The van der Waals surface area contributed by atoms with Gasteiger partial charge in [-0.15, -0.1) is 0 Å². The molecule has 10 nitrogen and oxygen atoms in total. The molecule has 13 heteroatoms. The summed E-state index contributed by atoms with van der Waals surface area (Å²) in [7, 11) is -4.40. The van der Waals surface area contributed by atoms with E-state index in [2.05, 4.69) is 56.5 Å². The molecule has 0 aliphatic carbocycles. The Bertz CT molecular complexity index is 1300. The number of halogens is 2. The van der Waals surface area contributed by atoms with Crippen molar-refractivity contribution in [3.8, 4) is 23.0 Å². The molecule has 0 fully saturated rings. The van der Waals surface area contributed by atoms with Gasteiger partial charge in [-0.1, -0.05) is 35.0 Å². The summed E-state index contributed by atoms with van der Waals surface area (Å²) in [5.41, 5.74) is 0.547. The Labute approximate surface area is 208 Å². The SMILES string of the molecule is [2H]C([2H])(CC)NS(=O)(=O)Nc1ncnc(OCC([2H])([2H])Oc2ncc(Br)cn2)c1-c1ccc(Br)cc1. The van der Waals surface area contributed by atoms with E-state index >= 15 is 0 Å². The average molecular weight is 592 g/mol. The number of hydrogen-bond acceptors (Lipinski definition) is 8. The lowest BCUT2D eigenvalue weighted by Crippen LogP contribution is -2.31. The first-order valence-electron chi connectivity index (χ1n) is 11.0. The molecule has 2 heterocycles. The van der Waals surface area contributed by atoms with Crippen LogP contribution in [0.15, 0.2) is 51.9 Å². The maximum absolute atomic E-state index is 12.6. The molecule has 2 aromatic heterocycles. The molecule has 1 aromatic carbocycles. The summed E-state index contributed by atoms with van der Waals surface area (Å²) in [5, 5.41) is 0. The van der Waals surface area contributed by atoms with Gasteiger partial charge in [-0.2, -0.15) is 13.1 Å². The van der Waals surface area contributed by atoms with Gasteiger partial charge in [0, 0.05) is 26.1 Å². The van der Waals surface area contributed by atoms with Gasteiger partial charge in [0.2, 0.25) is 5.88 Å². The van der Waals surface area contributed by atoms with E-state index in [9.17, 15) is 8.42 Å². The van der Waals surface area contributed by atoms with E-state index in [-0.39, 0.29) is 29.7 Å². The lowest BCUT2D eigenvalue weighted by Gasteiger charge is -2.15. The van der Waals surface area contributed by atoms with Crippen LogP contribution in [-0.4, -0.2) is 48.0 Å². The standard InChI is InChI=1S/C19H20Br2N6O4S/c1-2-7-26-32(28,29)27-17-16(13-3-5-14(20)6-4-13)18(25-12-24-17)30-8-9-31-19-22-10-15(21)11-23-19/h3-6,10-12,26H,2,7-9H2,1H3,(H,24,25,27)/i7D2,9D2. The van der Waals surface area contributed by atoms with Crippen LogP contribution >= 0.6 is 31.9 Å². The minimum atomic E-state index is -4.40. The molecule has 3 rings (SSSR count). The molecule has 0 saturated heterocycles. The summed E-state index contributed by atoms with van der Waals surface area (Å²) >= 11 is 6.51. The van der Waals surface area contributed by atoms with Crippen LogP contribution in [0.4, 0.5) is 5.82 Å². The molecule has 0 bridgehead atoms. The first kappa shape index (κ1) is 19.1. The summed E-state index contributed by atoms with van der Waals surface area (Å²) in [5.74, 6) is -0.354. The van der Waals surface area contributed by atoms with Gasteiger partial charge in [-0.3, -0.25) is 4.72 Å². The molecular formula is C19H20Br2N6O4S. The summed E-state index contributed by atoms with van der Waals surface area (Å²) in [4.78, 5) is 15.8. The van der Waals surface area contributed by atoms with Gasteiger partial charge in [0.25, 0.3) is 10.2 Å². The fraction of sp³-hybridized carbons (Fsp3) is 0.263. The number of benzene rings is 1. The molecule has 0 radical (unpaired) electrons. The molecule has 170 valence electrons. The Morgan fingerprint density at radius 2 is 1.75 bits per heavy atom. The molecule has 0 aliphatic heterocycles. The third-order valence-corrected chi connectivity index (χ3v) is 5.40. The first-order valence-corrected chi connectivity index (χ1v) is 12.1. The Balaban J connectivity index is 1.92. The van der Waals surface area contributed by atoms with Crippen molar-refractivity contribution in [2.24, 2.45) is 0 Å². The quantitative estimate of drug-likeness (QED) is 0.346. The largest absolute Gasteiger partial charge is 0.473 e. The Morgan fingerprint density at radius 1 is 1.03 bits per heavy atom. The molecule has 0 aliphatic rings. The predicted octanol–water partition coefficient (Wildman–Crippen LogP) is 3.57. The fourth-order valence-corrected chi connectivity index (χ4v) is 3.56. The number of nitrogens with zero attached hydrogens (tertiary/aromatic N) is 4. The smallest absolute Gasteiger partial charge is 0.316 e. The molecule has 0 amide bonds. The monoisotopic (exact) mass is 590 g/mol. The molecule has 0 saturated carbocycles. The predicted molar refractivity (Wildman–Crippen MR) is 127 cm³/mol. The van der Waals surface area contributed by atoms with Gasteiger partial charge >= 0.3 is 6.01 Å². The molecular weight excluding hydrogens is 568 g/mol. The number of hydrogen-bond donors (Lipinski definition) is 2. The molecule has 2 N–H and O–H groups in total. The highest BCUT2D eigenvalue weighted by Crippen LogP contribution is 2.34. The molecule has 0 unspecified atom stereocenters. The van der Waals surface area contributed by atoms with E-state index in [1.807, 2.05) is 4.72 Å². The van der Waals surface area contributed by atoms with E-state index in [0.29, 0.717) is 10.0 Å². The van der Waals surface area contributed by atoms with Crippen molar-refractivity contribution in [1.82, 2.24) is 24.7 Å². The summed E-state index contributed by atoms with van der Waals surface area (Å²) in [6.45, 7) is -3.75. The second kappa shape index (κ2) is 11.5. The van der Waals surface area contributed by atoms with Crippen LogP contribution in [0.1, 0.15) is 18.8 Å². The zero-order valence-electron chi connectivity index (χ0n) is 20.5. The highest BCUT2D eigenvalue weighted by Gasteiger charge is 2.19. The van der Waals surface area contributed by atoms with E-state index < -0.39 is 29.9 Å². The maximum atomic E-state index is 12.6. The Kier molecular flexibility index (Phi) is 6.88. The van der Waals surface area contributed by atoms with Crippen LogP contribution in [0.2, 0.25) is 0 Å². The lowest BCUT2D eigenvalue weighted by atomic mass is 10.1. The van der Waals surface area contributed by atoms with Crippen LogP contribution in [0.3, 0.4) is 0 Å². The molecule has 0 atom stereocenters. The summed E-state index contributed by atoms with van der Waals surface area (Å²) in [6.07, 6.45) is 3.70. The summed E-state index contributed by atoms with van der Waals surface area (Å²) in [6, 6.07) is 6.48. The Hall–Kier alpha value is -2.35. The van der Waals surface area contributed by atoms with Crippen molar-refractivity contribution >= 4 is 47.9 Å². The zero-order valence-corrected chi connectivity index (χ0v) is 20.5. The average Bonchev–Trinajstić information content (AvgIpc) is 2.79. The van der Waals surface area contributed by atoms with E-state index in [4.69, 9.17) is 15.0 Å². The maximum Gasteiger partial charge on any atom is 0.316 e. The van der Waals surface area contributed by atoms with Gasteiger partial charge in [0.1, 0.15) is 19.5 Å². The minimum Gasteiger partial charge on any atom is -0.473 e. The van der Waals surface area contributed by atoms with Crippen LogP contribution in [0, 0.1) is 0 Å². The molecule has 0 spiro atoms. The van der Waals surface area contributed by atoms with Gasteiger partial charge in [-0.25, -0.2) is 19.9 Å². The highest BCUT2D eigenvalue weighted by atomic mass is 79.9. The number of anilines is 1. The number of aromatic nitrogens is 4. The van der Waals surface area contributed by atoms with Crippen molar-refractivity contribution in [3.05, 3.63) is 51.9 Å². The van der Waals surface area contributed by atoms with E-state index in [0.717, 1.165) is 10.8 Å². The van der Waals surface area contributed by atoms with E-state index in [1.165, 1.54) is 19.3 Å². The second-order valence-corrected chi connectivity index (χ2v) is 9.11. The van der Waals surface area contributed by atoms with Crippen molar-refractivity contribution < 1.29 is 23.4 Å².